The van der Waals surface area contributed by atoms with Crippen LogP contribution in [0, 0.1) is 0 Å². The smallest absolute Gasteiger partial charge is 0.233 e. The second-order valence-electron chi connectivity index (χ2n) is 6.72. The second kappa shape index (κ2) is 8.20. The Bertz CT molecular complexity index is 522. The summed E-state index contributed by atoms with van der Waals surface area (Å²) in [5, 5.41) is 3.75. The third kappa shape index (κ3) is 4.73. The maximum absolute atomic E-state index is 12.3. The molecule has 6 heteroatoms. The number of nitrogens with zero attached hydrogens (tertiary/aromatic N) is 2. The molecule has 2 atom stereocenters. The van der Waals surface area contributed by atoms with Crippen molar-refractivity contribution < 1.29 is 9.53 Å². The van der Waals surface area contributed by atoms with Crippen LogP contribution in [0.4, 0.5) is 0 Å². The summed E-state index contributed by atoms with van der Waals surface area (Å²) in [5.41, 5.74) is 1.22. The zero-order valence-electron chi connectivity index (χ0n) is 14.8. The van der Waals surface area contributed by atoms with Crippen molar-refractivity contribution in [1.29, 1.82) is 0 Å². The standard InChI is InChI=1S/C17H29N3O2S/c1-11(2)15-10-19-17(20(15)12(3)4)23-13(5)16(21)18-9-14-7-6-8-22-14/h10-14H,6-9H2,1-5H3,(H,18,21)/t13-,14-/m1/s1. The Morgan fingerprint density at radius 1 is 1.43 bits per heavy atom. The SMILES string of the molecule is CC(C)c1cnc(S[C@H](C)C(=O)NC[C@H]2CCCO2)n1C(C)C. The minimum Gasteiger partial charge on any atom is -0.376 e. The van der Waals surface area contributed by atoms with Gasteiger partial charge < -0.3 is 14.6 Å². The molecule has 0 saturated carbocycles. The van der Waals surface area contributed by atoms with Crippen molar-refractivity contribution in [2.45, 2.75) is 75.9 Å². The fourth-order valence-electron chi connectivity index (χ4n) is 2.76. The lowest BCUT2D eigenvalue weighted by molar-refractivity contribution is -0.120. The van der Waals surface area contributed by atoms with Crippen molar-refractivity contribution in [3.8, 4) is 0 Å². The molecule has 0 aliphatic carbocycles. The summed E-state index contributed by atoms with van der Waals surface area (Å²) in [6.07, 6.45) is 4.25. The Balaban J connectivity index is 1.96. The highest BCUT2D eigenvalue weighted by Gasteiger charge is 2.22. The normalized spacial score (nSPS) is 19.5. The first-order valence-electron chi connectivity index (χ1n) is 8.53. The van der Waals surface area contributed by atoms with Gasteiger partial charge in [0, 0.05) is 31.1 Å². The fourth-order valence-corrected chi connectivity index (χ4v) is 3.81. The highest BCUT2D eigenvalue weighted by molar-refractivity contribution is 8.00. The minimum absolute atomic E-state index is 0.0508. The maximum Gasteiger partial charge on any atom is 0.233 e. The van der Waals surface area contributed by atoms with Gasteiger partial charge in [-0.05, 0) is 39.5 Å². The van der Waals surface area contributed by atoms with E-state index in [2.05, 4.69) is 42.6 Å². The maximum atomic E-state index is 12.3. The van der Waals surface area contributed by atoms with Gasteiger partial charge in [0.2, 0.25) is 5.91 Å². The van der Waals surface area contributed by atoms with Crippen molar-refractivity contribution in [3.05, 3.63) is 11.9 Å². The van der Waals surface area contributed by atoms with Gasteiger partial charge in [0.05, 0.1) is 11.4 Å². The largest absolute Gasteiger partial charge is 0.376 e. The van der Waals surface area contributed by atoms with E-state index in [1.807, 2.05) is 13.1 Å². The number of rotatable bonds is 7. The van der Waals surface area contributed by atoms with Crippen LogP contribution in [-0.4, -0.2) is 40.0 Å². The van der Waals surface area contributed by atoms with Gasteiger partial charge in [0.25, 0.3) is 0 Å². The Labute approximate surface area is 143 Å². The highest BCUT2D eigenvalue weighted by Crippen LogP contribution is 2.29. The molecule has 2 heterocycles. The Hall–Kier alpha value is -1.01. The molecule has 5 nitrogen and oxygen atoms in total. The summed E-state index contributed by atoms with van der Waals surface area (Å²) in [6, 6.07) is 0.333. The molecule has 1 aliphatic rings. The van der Waals surface area contributed by atoms with E-state index in [9.17, 15) is 4.79 Å². The van der Waals surface area contributed by atoms with Crippen LogP contribution in [0.2, 0.25) is 0 Å². The van der Waals surface area contributed by atoms with Crippen molar-refractivity contribution >= 4 is 17.7 Å². The molecule has 1 aromatic rings. The van der Waals surface area contributed by atoms with E-state index in [4.69, 9.17) is 4.74 Å². The summed E-state index contributed by atoms with van der Waals surface area (Å²) in [5.74, 6) is 0.470. The molecular weight excluding hydrogens is 310 g/mol. The molecule has 0 spiro atoms. The summed E-state index contributed by atoms with van der Waals surface area (Å²) in [7, 11) is 0. The van der Waals surface area contributed by atoms with Gasteiger partial charge in [0.15, 0.2) is 5.16 Å². The van der Waals surface area contributed by atoms with Gasteiger partial charge >= 0.3 is 0 Å². The average Bonchev–Trinajstić information content (AvgIpc) is 3.13. The topological polar surface area (TPSA) is 56.1 Å². The Morgan fingerprint density at radius 3 is 2.74 bits per heavy atom. The average molecular weight is 340 g/mol. The van der Waals surface area contributed by atoms with Crippen molar-refractivity contribution in [1.82, 2.24) is 14.9 Å². The zero-order chi connectivity index (χ0) is 17.0. The van der Waals surface area contributed by atoms with Crippen molar-refractivity contribution in [3.63, 3.8) is 0 Å². The molecule has 1 N–H and O–H groups in total. The first-order chi connectivity index (χ1) is 10.9. The number of thioether (sulfide) groups is 1. The summed E-state index contributed by atoms with van der Waals surface area (Å²) in [4.78, 5) is 16.8. The van der Waals surface area contributed by atoms with Crippen LogP contribution in [0.15, 0.2) is 11.4 Å². The van der Waals surface area contributed by atoms with Crippen LogP contribution < -0.4 is 5.32 Å². The third-order valence-corrected chi connectivity index (χ3v) is 5.16. The number of aromatic nitrogens is 2. The van der Waals surface area contributed by atoms with Gasteiger partial charge in [-0.25, -0.2) is 4.98 Å². The lowest BCUT2D eigenvalue weighted by Gasteiger charge is -2.19. The molecule has 0 bridgehead atoms. The van der Waals surface area contributed by atoms with Crippen LogP contribution in [0.1, 0.15) is 65.1 Å². The molecule has 1 amide bonds. The van der Waals surface area contributed by atoms with Gasteiger partial charge in [-0.1, -0.05) is 25.6 Å². The molecular formula is C17H29N3O2S. The van der Waals surface area contributed by atoms with Crippen molar-refractivity contribution in [2.24, 2.45) is 0 Å². The van der Waals surface area contributed by atoms with E-state index in [0.29, 0.717) is 18.5 Å². The van der Waals surface area contributed by atoms with Gasteiger partial charge in [-0.15, -0.1) is 0 Å². The van der Waals surface area contributed by atoms with Crippen LogP contribution in [0.3, 0.4) is 0 Å². The van der Waals surface area contributed by atoms with E-state index in [1.165, 1.54) is 17.5 Å². The van der Waals surface area contributed by atoms with E-state index >= 15 is 0 Å². The van der Waals surface area contributed by atoms with Gasteiger partial charge in [0.1, 0.15) is 0 Å². The molecule has 0 radical (unpaired) electrons. The van der Waals surface area contributed by atoms with Crippen LogP contribution in [0.25, 0.3) is 0 Å². The Kier molecular flexibility index (Phi) is 6.53. The number of imidazole rings is 1. The van der Waals surface area contributed by atoms with E-state index < -0.39 is 0 Å². The number of ether oxygens (including phenoxy) is 1. The molecule has 1 aliphatic heterocycles. The lowest BCUT2D eigenvalue weighted by Crippen LogP contribution is -2.36. The molecule has 2 rings (SSSR count). The number of amides is 1. The van der Waals surface area contributed by atoms with Crippen LogP contribution in [0.5, 0.6) is 0 Å². The minimum atomic E-state index is -0.170. The van der Waals surface area contributed by atoms with Crippen LogP contribution >= 0.6 is 11.8 Å². The van der Waals surface area contributed by atoms with Crippen molar-refractivity contribution in [2.75, 3.05) is 13.2 Å². The molecule has 1 saturated heterocycles. The predicted molar refractivity (Wildman–Crippen MR) is 94.0 cm³/mol. The molecule has 130 valence electrons. The summed E-state index contributed by atoms with van der Waals surface area (Å²) >= 11 is 1.53. The zero-order valence-corrected chi connectivity index (χ0v) is 15.7. The van der Waals surface area contributed by atoms with E-state index in [1.54, 1.807) is 0 Å². The number of nitrogens with one attached hydrogen (secondary N) is 1. The first kappa shape index (κ1) is 18.3. The molecule has 1 aromatic heterocycles. The van der Waals surface area contributed by atoms with E-state index in [0.717, 1.165) is 24.6 Å². The third-order valence-electron chi connectivity index (χ3n) is 4.08. The van der Waals surface area contributed by atoms with Crippen LogP contribution in [-0.2, 0) is 9.53 Å². The molecule has 0 unspecified atom stereocenters. The number of hydrogen-bond donors (Lipinski definition) is 1. The fraction of sp³-hybridized carbons (Fsp3) is 0.765. The summed E-state index contributed by atoms with van der Waals surface area (Å²) in [6.45, 7) is 12.0. The molecule has 23 heavy (non-hydrogen) atoms. The lowest BCUT2D eigenvalue weighted by atomic mass is 10.1. The van der Waals surface area contributed by atoms with Gasteiger partial charge in [-0.2, -0.15) is 0 Å². The monoisotopic (exact) mass is 339 g/mol. The molecule has 1 fully saturated rings. The van der Waals surface area contributed by atoms with E-state index in [-0.39, 0.29) is 17.3 Å². The highest BCUT2D eigenvalue weighted by atomic mass is 32.2. The predicted octanol–water partition coefficient (Wildman–Crippen LogP) is 3.36. The second-order valence-corrected chi connectivity index (χ2v) is 8.03. The molecule has 0 aromatic carbocycles. The van der Waals surface area contributed by atoms with Gasteiger partial charge in [-0.3, -0.25) is 4.79 Å². The number of carbonyl (C=O) groups excluding carboxylic acids is 1. The summed E-state index contributed by atoms with van der Waals surface area (Å²) < 4.78 is 7.78. The number of carbonyl (C=O) groups is 1. The quantitative estimate of drug-likeness (QED) is 0.774. The Morgan fingerprint density at radius 2 is 2.17 bits per heavy atom. The first-order valence-corrected chi connectivity index (χ1v) is 9.41. The number of hydrogen-bond acceptors (Lipinski definition) is 4.